The Morgan fingerprint density at radius 3 is 2.26 bits per heavy atom. The lowest BCUT2D eigenvalue weighted by Gasteiger charge is -2.10. The summed E-state index contributed by atoms with van der Waals surface area (Å²) in [6, 6.07) is 19.8. The molecule has 3 rings (SSSR count). The van der Waals surface area contributed by atoms with Crippen LogP contribution in [0, 0.1) is 0 Å². The molecule has 0 fully saturated rings. The molecule has 19 heavy (non-hydrogen) atoms. The van der Waals surface area contributed by atoms with Gasteiger partial charge in [0, 0.05) is 18.1 Å². The Bertz CT molecular complexity index is 651. The molecule has 3 nitrogen and oxygen atoms in total. The summed E-state index contributed by atoms with van der Waals surface area (Å²) >= 11 is 0. The number of benzene rings is 1. The van der Waals surface area contributed by atoms with Crippen molar-refractivity contribution in [3.8, 4) is 11.4 Å². The first-order valence-electron chi connectivity index (χ1n) is 6.12. The van der Waals surface area contributed by atoms with Crippen molar-refractivity contribution in [2.75, 3.05) is 5.32 Å². The Morgan fingerprint density at radius 1 is 0.684 bits per heavy atom. The highest BCUT2D eigenvalue weighted by atomic mass is 14.9. The summed E-state index contributed by atoms with van der Waals surface area (Å²) in [5, 5.41) is 3.37. The van der Waals surface area contributed by atoms with E-state index in [1.54, 1.807) is 12.4 Å². The highest BCUT2D eigenvalue weighted by Crippen LogP contribution is 2.26. The average Bonchev–Trinajstić information content (AvgIpc) is 2.50. The Morgan fingerprint density at radius 2 is 1.47 bits per heavy atom. The smallest absolute Gasteiger partial charge is 0.112 e. The third kappa shape index (κ3) is 2.60. The topological polar surface area (TPSA) is 37.8 Å². The zero-order valence-corrected chi connectivity index (χ0v) is 10.3. The SMILES string of the molecule is c1ccc(Nc2cccnc2-c2ccccn2)cc1. The van der Waals surface area contributed by atoms with Gasteiger partial charge in [-0.15, -0.1) is 0 Å². The maximum Gasteiger partial charge on any atom is 0.112 e. The number of nitrogens with one attached hydrogen (secondary N) is 1. The van der Waals surface area contributed by atoms with Crippen LogP contribution in [0.4, 0.5) is 11.4 Å². The summed E-state index contributed by atoms with van der Waals surface area (Å²) in [5.74, 6) is 0. The van der Waals surface area contributed by atoms with E-state index in [9.17, 15) is 0 Å². The molecule has 0 saturated heterocycles. The summed E-state index contributed by atoms with van der Waals surface area (Å²) in [7, 11) is 0. The van der Waals surface area contributed by atoms with E-state index < -0.39 is 0 Å². The molecule has 1 aromatic carbocycles. The van der Waals surface area contributed by atoms with Crippen LogP contribution in [0.1, 0.15) is 0 Å². The molecule has 0 bridgehead atoms. The van der Waals surface area contributed by atoms with Crippen molar-refractivity contribution in [1.29, 1.82) is 0 Å². The number of para-hydroxylation sites is 1. The van der Waals surface area contributed by atoms with Crippen LogP contribution in [0.25, 0.3) is 11.4 Å². The fourth-order valence-electron chi connectivity index (χ4n) is 1.89. The van der Waals surface area contributed by atoms with E-state index in [0.717, 1.165) is 22.8 Å². The van der Waals surface area contributed by atoms with Gasteiger partial charge in [-0.1, -0.05) is 24.3 Å². The van der Waals surface area contributed by atoms with E-state index in [1.807, 2.05) is 60.7 Å². The molecule has 0 radical (unpaired) electrons. The summed E-state index contributed by atoms with van der Waals surface area (Å²) in [4.78, 5) is 8.77. The quantitative estimate of drug-likeness (QED) is 0.763. The predicted octanol–water partition coefficient (Wildman–Crippen LogP) is 3.89. The maximum atomic E-state index is 4.42. The number of hydrogen-bond donors (Lipinski definition) is 1. The molecule has 0 aliphatic heterocycles. The molecule has 92 valence electrons. The highest BCUT2D eigenvalue weighted by Gasteiger charge is 2.06. The van der Waals surface area contributed by atoms with E-state index in [1.165, 1.54) is 0 Å². The number of rotatable bonds is 3. The van der Waals surface area contributed by atoms with Gasteiger partial charge in [0.25, 0.3) is 0 Å². The van der Waals surface area contributed by atoms with Crippen LogP contribution in [0.2, 0.25) is 0 Å². The van der Waals surface area contributed by atoms with Gasteiger partial charge in [0.15, 0.2) is 0 Å². The first-order chi connectivity index (χ1) is 9.43. The van der Waals surface area contributed by atoms with Crippen LogP contribution in [0.15, 0.2) is 73.1 Å². The number of anilines is 2. The zero-order valence-electron chi connectivity index (χ0n) is 10.3. The van der Waals surface area contributed by atoms with Crippen molar-refractivity contribution >= 4 is 11.4 Å². The van der Waals surface area contributed by atoms with Crippen molar-refractivity contribution in [1.82, 2.24) is 9.97 Å². The van der Waals surface area contributed by atoms with Crippen molar-refractivity contribution in [3.63, 3.8) is 0 Å². The minimum atomic E-state index is 0.854. The Kier molecular flexibility index (Phi) is 3.19. The largest absolute Gasteiger partial charge is 0.354 e. The lowest BCUT2D eigenvalue weighted by Crippen LogP contribution is -1.96. The standard InChI is InChI=1S/C16H13N3/c1-2-7-13(8-3-1)19-15-10-6-12-18-16(15)14-9-4-5-11-17-14/h1-12,19H. The maximum absolute atomic E-state index is 4.42. The molecule has 3 heteroatoms. The average molecular weight is 247 g/mol. The molecule has 2 heterocycles. The molecule has 1 N–H and O–H groups in total. The van der Waals surface area contributed by atoms with E-state index in [2.05, 4.69) is 15.3 Å². The van der Waals surface area contributed by atoms with Crippen molar-refractivity contribution in [2.45, 2.75) is 0 Å². The molecular formula is C16H13N3. The van der Waals surface area contributed by atoms with Crippen LogP contribution < -0.4 is 5.32 Å². The molecule has 0 spiro atoms. The molecule has 0 aliphatic carbocycles. The summed E-state index contributed by atoms with van der Waals surface area (Å²) in [6.45, 7) is 0. The first kappa shape index (κ1) is 11.4. The molecular weight excluding hydrogens is 234 g/mol. The molecule has 2 aromatic heterocycles. The van der Waals surface area contributed by atoms with Gasteiger partial charge in [-0.2, -0.15) is 0 Å². The van der Waals surface area contributed by atoms with Gasteiger partial charge in [0.2, 0.25) is 0 Å². The van der Waals surface area contributed by atoms with Gasteiger partial charge in [-0.3, -0.25) is 9.97 Å². The van der Waals surface area contributed by atoms with E-state index in [-0.39, 0.29) is 0 Å². The van der Waals surface area contributed by atoms with Crippen LogP contribution >= 0.6 is 0 Å². The van der Waals surface area contributed by atoms with Gasteiger partial charge in [0.05, 0.1) is 11.4 Å². The van der Waals surface area contributed by atoms with E-state index in [4.69, 9.17) is 0 Å². The van der Waals surface area contributed by atoms with Gasteiger partial charge < -0.3 is 5.32 Å². The van der Waals surface area contributed by atoms with Crippen molar-refractivity contribution in [2.24, 2.45) is 0 Å². The molecule has 0 aliphatic rings. The number of nitrogens with zero attached hydrogens (tertiary/aromatic N) is 2. The molecule has 0 atom stereocenters. The number of pyridine rings is 2. The van der Waals surface area contributed by atoms with Crippen LogP contribution in [0.5, 0.6) is 0 Å². The first-order valence-corrected chi connectivity index (χ1v) is 6.12. The minimum Gasteiger partial charge on any atom is -0.354 e. The fourth-order valence-corrected chi connectivity index (χ4v) is 1.89. The Balaban J connectivity index is 1.99. The normalized spacial score (nSPS) is 10.1. The van der Waals surface area contributed by atoms with E-state index in [0.29, 0.717) is 0 Å². The highest BCUT2D eigenvalue weighted by molar-refractivity contribution is 5.75. The predicted molar refractivity (Wildman–Crippen MR) is 77.2 cm³/mol. The zero-order chi connectivity index (χ0) is 12.9. The fraction of sp³-hybridized carbons (Fsp3) is 0. The summed E-state index contributed by atoms with van der Waals surface area (Å²) < 4.78 is 0. The third-order valence-corrected chi connectivity index (χ3v) is 2.77. The summed E-state index contributed by atoms with van der Waals surface area (Å²) in [5.41, 5.74) is 3.70. The van der Waals surface area contributed by atoms with Gasteiger partial charge in [-0.25, -0.2) is 0 Å². The lowest BCUT2D eigenvalue weighted by atomic mass is 10.2. The van der Waals surface area contributed by atoms with Crippen LogP contribution in [0.3, 0.4) is 0 Å². The van der Waals surface area contributed by atoms with Gasteiger partial charge in [0.1, 0.15) is 5.69 Å². The van der Waals surface area contributed by atoms with Crippen LogP contribution in [-0.4, -0.2) is 9.97 Å². The van der Waals surface area contributed by atoms with Gasteiger partial charge in [-0.05, 0) is 36.4 Å². The Hall–Kier alpha value is -2.68. The second-order valence-electron chi connectivity index (χ2n) is 4.11. The summed E-state index contributed by atoms with van der Waals surface area (Å²) in [6.07, 6.45) is 3.55. The number of hydrogen-bond acceptors (Lipinski definition) is 3. The monoisotopic (exact) mass is 247 g/mol. The van der Waals surface area contributed by atoms with Gasteiger partial charge >= 0.3 is 0 Å². The molecule has 0 amide bonds. The Labute approximate surface area is 112 Å². The molecule has 3 aromatic rings. The molecule has 0 unspecified atom stereocenters. The third-order valence-electron chi connectivity index (χ3n) is 2.77. The van der Waals surface area contributed by atoms with Crippen molar-refractivity contribution < 1.29 is 0 Å². The van der Waals surface area contributed by atoms with Crippen LogP contribution in [-0.2, 0) is 0 Å². The number of aromatic nitrogens is 2. The second kappa shape index (κ2) is 5.31. The minimum absolute atomic E-state index is 0.854. The van der Waals surface area contributed by atoms with E-state index >= 15 is 0 Å². The lowest BCUT2D eigenvalue weighted by molar-refractivity contribution is 1.24. The molecule has 0 saturated carbocycles. The second-order valence-corrected chi connectivity index (χ2v) is 4.11. The van der Waals surface area contributed by atoms with Crippen molar-refractivity contribution in [3.05, 3.63) is 73.1 Å².